The van der Waals surface area contributed by atoms with Crippen molar-refractivity contribution in [1.29, 1.82) is 0 Å². The lowest BCUT2D eigenvalue weighted by Crippen LogP contribution is -2.27. The fraction of sp³-hybridized carbons (Fsp3) is 0.625. The number of ether oxygens (including phenoxy) is 1. The Morgan fingerprint density at radius 3 is 2.84 bits per heavy atom. The Morgan fingerprint density at radius 2 is 2.11 bits per heavy atom. The van der Waals surface area contributed by atoms with E-state index in [9.17, 15) is 0 Å². The second kappa shape index (κ2) is 5.34. The van der Waals surface area contributed by atoms with Crippen molar-refractivity contribution in [2.24, 2.45) is 0 Å². The number of halogens is 1. The van der Waals surface area contributed by atoms with E-state index in [-0.39, 0.29) is 5.60 Å². The number of nitrogens with one attached hydrogen (secondary N) is 1. The zero-order chi connectivity index (χ0) is 13.3. The Bertz CT molecular complexity index is 454. The summed E-state index contributed by atoms with van der Waals surface area (Å²) in [5, 5.41) is 4.23. The van der Waals surface area contributed by atoms with E-state index >= 15 is 0 Å². The molecule has 2 fully saturated rings. The fourth-order valence-corrected chi connectivity index (χ4v) is 3.72. The average molecular weight is 280 g/mol. The predicted octanol–water partition coefficient (Wildman–Crippen LogP) is 4.55. The molecule has 1 unspecified atom stereocenters. The van der Waals surface area contributed by atoms with Gasteiger partial charge in [0.05, 0.1) is 22.4 Å². The molecule has 2 aliphatic rings. The molecule has 104 valence electrons. The Morgan fingerprint density at radius 1 is 1.32 bits per heavy atom. The van der Waals surface area contributed by atoms with Crippen molar-refractivity contribution in [1.82, 2.24) is 0 Å². The lowest BCUT2D eigenvalue weighted by molar-refractivity contribution is -0.0307. The standard InChI is InChI=1S/C16H22ClNO/c1-12-4-5-15(14(17)10-12)18-11-13-6-9-16(19-13)7-2-3-8-16/h4-5,10,13,18H,2-3,6-9,11H2,1H3. The van der Waals surface area contributed by atoms with Crippen LogP contribution in [0.3, 0.4) is 0 Å². The zero-order valence-electron chi connectivity index (χ0n) is 11.5. The molecule has 1 aliphatic heterocycles. The maximum Gasteiger partial charge on any atom is 0.0756 e. The Kier molecular flexibility index (Phi) is 3.72. The molecule has 0 aromatic heterocycles. The van der Waals surface area contributed by atoms with E-state index in [0.29, 0.717) is 6.10 Å². The molecule has 2 nitrogen and oxygen atoms in total. The maximum absolute atomic E-state index is 6.29. The molecule has 19 heavy (non-hydrogen) atoms. The highest BCUT2D eigenvalue weighted by molar-refractivity contribution is 6.33. The van der Waals surface area contributed by atoms with Crippen molar-refractivity contribution in [2.75, 3.05) is 11.9 Å². The van der Waals surface area contributed by atoms with Crippen molar-refractivity contribution in [3.05, 3.63) is 28.8 Å². The smallest absolute Gasteiger partial charge is 0.0756 e. The number of aryl methyl sites for hydroxylation is 1. The molecule has 1 aromatic rings. The van der Waals surface area contributed by atoms with Crippen LogP contribution in [0.15, 0.2) is 18.2 Å². The minimum absolute atomic E-state index is 0.226. The summed E-state index contributed by atoms with van der Waals surface area (Å²) in [5.41, 5.74) is 2.43. The van der Waals surface area contributed by atoms with E-state index in [0.717, 1.165) is 17.3 Å². The van der Waals surface area contributed by atoms with Crippen LogP contribution >= 0.6 is 11.6 Å². The zero-order valence-corrected chi connectivity index (χ0v) is 12.3. The molecule has 3 heteroatoms. The molecular weight excluding hydrogens is 258 g/mol. The highest BCUT2D eigenvalue weighted by Gasteiger charge is 2.41. The van der Waals surface area contributed by atoms with Crippen LogP contribution in [0.5, 0.6) is 0 Å². The molecule has 0 radical (unpaired) electrons. The van der Waals surface area contributed by atoms with E-state index in [2.05, 4.69) is 24.4 Å². The lowest BCUT2D eigenvalue weighted by atomic mass is 9.98. The van der Waals surface area contributed by atoms with Gasteiger partial charge in [0.1, 0.15) is 0 Å². The predicted molar refractivity (Wildman–Crippen MR) is 80.0 cm³/mol. The van der Waals surface area contributed by atoms with Crippen LogP contribution in [0.4, 0.5) is 5.69 Å². The summed E-state index contributed by atoms with van der Waals surface area (Å²) in [6, 6.07) is 6.14. The van der Waals surface area contributed by atoms with Gasteiger partial charge < -0.3 is 10.1 Å². The van der Waals surface area contributed by atoms with Gasteiger partial charge in [0, 0.05) is 6.54 Å². The molecular formula is C16H22ClNO. The van der Waals surface area contributed by atoms with Gasteiger partial charge in [-0.15, -0.1) is 0 Å². The molecule has 1 heterocycles. The van der Waals surface area contributed by atoms with Crippen LogP contribution in [0, 0.1) is 6.92 Å². The molecule has 1 atom stereocenters. The number of hydrogen-bond donors (Lipinski definition) is 1. The van der Waals surface area contributed by atoms with Gasteiger partial charge in [0.25, 0.3) is 0 Å². The van der Waals surface area contributed by atoms with Crippen molar-refractivity contribution in [2.45, 2.75) is 57.2 Å². The molecule has 1 saturated heterocycles. The third-order valence-electron chi connectivity index (χ3n) is 4.50. The maximum atomic E-state index is 6.29. The van der Waals surface area contributed by atoms with Crippen molar-refractivity contribution in [3.8, 4) is 0 Å². The van der Waals surface area contributed by atoms with Crippen LogP contribution in [-0.2, 0) is 4.74 Å². The second-order valence-electron chi connectivity index (χ2n) is 6.03. The summed E-state index contributed by atoms with van der Waals surface area (Å²) in [6.45, 7) is 2.92. The van der Waals surface area contributed by atoms with Gasteiger partial charge in [0.15, 0.2) is 0 Å². The van der Waals surface area contributed by atoms with Gasteiger partial charge in [-0.3, -0.25) is 0 Å². The van der Waals surface area contributed by atoms with E-state index < -0.39 is 0 Å². The Labute approximate surface area is 120 Å². The van der Waals surface area contributed by atoms with Crippen molar-refractivity contribution >= 4 is 17.3 Å². The highest BCUT2D eigenvalue weighted by atomic mass is 35.5. The number of anilines is 1. The summed E-state index contributed by atoms with van der Waals surface area (Å²) in [7, 11) is 0. The van der Waals surface area contributed by atoms with Crippen LogP contribution < -0.4 is 5.32 Å². The van der Waals surface area contributed by atoms with Crippen LogP contribution in [-0.4, -0.2) is 18.2 Å². The third kappa shape index (κ3) is 2.90. The molecule has 3 rings (SSSR count). The molecule has 1 spiro atoms. The number of rotatable bonds is 3. The van der Waals surface area contributed by atoms with Crippen LogP contribution in [0.1, 0.15) is 44.1 Å². The molecule has 1 aromatic carbocycles. The van der Waals surface area contributed by atoms with E-state index in [1.165, 1.54) is 44.1 Å². The van der Waals surface area contributed by atoms with E-state index in [4.69, 9.17) is 16.3 Å². The van der Waals surface area contributed by atoms with Gasteiger partial charge in [-0.1, -0.05) is 30.5 Å². The summed E-state index contributed by atoms with van der Waals surface area (Å²) in [4.78, 5) is 0. The first-order chi connectivity index (χ1) is 9.17. The van der Waals surface area contributed by atoms with Gasteiger partial charge in [-0.05, 0) is 50.3 Å². The second-order valence-corrected chi connectivity index (χ2v) is 6.44. The molecule has 1 saturated carbocycles. The van der Waals surface area contributed by atoms with Gasteiger partial charge in [-0.25, -0.2) is 0 Å². The SMILES string of the molecule is Cc1ccc(NCC2CCC3(CCCC3)O2)c(Cl)c1. The van der Waals surface area contributed by atoms with E-state index in [1.807, 2.05) is 6.07 Å². The molecule has 1 aliphatic carbocycles. The quantitative estimate of drug-likeness (QED) is 0.876. The molecule has 0 amide bonds. The molecule has 1 N–H and O–H groups in total. The first kappa shape index (κ1) is 13.3. The number of hydrogen-bond acceptors (Lipinski definition) is 2. The van der Waals surface area contributed by atoms with E-state index in [1.54, 1.807) is 0 Å². The minimum atomic E-state index is 0.226. The first-order valence-electron chi connectivity index (χ1n) is 7.35. The number of benzene rings is 1. The van der Waals surface area contributed by atoms with Gasteiger partial charge in [0.2, 0.25) is 0 Å². The van der Waals surface area contributed by atoms with Crippen LogP contribution in [0.25, 0.3) is 0 Å². The van der Waals surface area contributed by atoms with Crippen molar-refractivity contribution < 1.29 is 4.74 Å². The summed E-state index contributed by atoms with van der Waals surface area (Å²) >= 11 is 6.23. The lowest BCUT2D eigenvalue weighted by Gasteiger charge is -2.24. The van der Waals surface area contributed by atoms with Crippen molar-refractivity contribution in [3.63, 3.8) is 0 Å². The Balaban J connectivity index is 1.55. The largest absolute Gasteiger partial charge is 0.381 e. The highest BCUT2D eigenvalue weighted by Crippen LogP contribution is 2.43. The third-order valence-corrected chi connectivity index (χ3v) is 4.81. The van der Waals surface area contributed by atoms with Crippen LogP contribution in [0.2, 0.25) is 5.02 Å². The monoisotopic (exact) mass is 279 g/mol. The average Bonchev–Trinajstić information content (AvgIpc) is 2.99. The van der Waals surface area contributed by atoms with Gasteiger partial charge >= 0.3 is 0 Å². The fourth-order valence-electron chi connectivity index (χ4n) is 3.41. The Hall–Kier alpha value is -0.730. The summed E-state index contributed by atoms with van der Waals surface area (Å²) < 4.78 is 6.29. The summed E-state index contributed by atoms with van der Waals surface area (Å²) in [5.74, 6) is 0. The normalized spacial score (nSPS) is 25.1. The van der Waals surface area contributed by atoms with Gasteiger partial charge in [-0.2, -0.15) is 0 Å². The summed E-state index contributed by atoms with van der Waals surface area (Å²) in [6.07, 6.45) is 7.95. The first-order valence-corrected chi connectivity index (χ1v) is 7.73. The molecule has 0 bridgehead atoms. The minimum Gasteiger partial charge on any atom is -0.381 e. The topological polar surface area (TPSA) is 21.3 Å².